The number of urea groups is 1. The Labute approximate surface area is 429 Å². The molecule has 6 aliphatic heterocycles. The van der Waals surface area contributed by atoms with Crippen molar-refractivity contribution in [1.82, 2.24) is 78.0 Å². The standard InChI is InChI=1S/C55H60N18O/c1-35-9-5-11-39(58-35)49-51(70-19-7-13-47(70)62-49)37-15-17-56-41(29-37)53-60-43-31-66(33-45(43)72(53)68-25-21-64(3)22-26-68)55(74)67-32-44-46(34-67)73(69-27-23-65(4)24-28-69)54(61-44)42-30-38(16-18-57-42)52-50(40-12-6-10-36(2)59-40)63-48-14-8-20-71(48)52/h5-6,9-12,15-18,29-30H,7-8,13-14,19-28,31-34H2,1-4H3. The molecular formula is C55H60N18O. The number of aromatic nitrogens is 12. The zero-order chi connectivity index (χ0) is 49.8. The average Bonchev–Trinajstić information content (AvgIpc) is 4.28. The lowest BCUT2D eigenvalue weighted by molar-refractivity contribution is 0.150. The highest BCUT2D eigenvalue weighted by Gasteiger charge is 2.40. The summed E-state index contributed by atoms with van der Waals surface area (Å²) in [5, 5.41) is 4.78. The normalized spacial score (nSPS) is 17.7. The van der Waals surface area contributed by atoms with E-state index in [1.165, 1.54) is 0 Å². The van der Waals surface area contributed by atoms with Crippen molar-refractivity contribution >= 4 is 6.03 Å². The zero-order valence-corrected chi connectivity index (χ0v) is 42.6. The quantitative estimate of drug-likeness (QED) is 0.181. The van der Waals surface area contributed by atoms with Crippen molar-refractivity contribution in [3.8, 4) is 68.3 Å². The van der Waals surface area contributed by atoms with Gasteiger partial charge in [0.25, 0.3) is 0 Å². The Hall–Kier alpha value is -7.77. The van der Waals surface area contributed by atoms with Gasteiger partial charge in [-0.05, 0) is 89.3 Å². The molecule has 0 spiro atoms. The van der Waals surface area contributed by atoms with Crippen LogP contribution in [0.15, 0.2) is 73.1 Å². The zero-order valence-electron chi connectivity index (χ0n) is 42.6. The van der Waals surface area contributed by atoms with E-state index in [4.69, 9.17) is 39.9 Å². The van der Waals surface area contributed by atoms with Crippen molar-refractivity contribution in [3.63, 3.8) is 0 Å². The Morgan fingerprint density at radius 2 is 0.932 bits per heavy atom. The monoisotopic (exact) mass is 989 g/mol. The van der Waals surface area contributed by atoms with E-state index in [2.05, 4.69) is 101 Å². The van der Waals surface area contributed by atoms with Crippen molar-refractivity contribution < 1.29 is 4.79 Å². The summed E-state index contributed by atoms with van der Waals surface area (Å²) in [5.41, 5.74) is 15.2. The first-order valence-corrected chi connectivity index (χ1v) is 26.3. The predicted octanol–water partition coefficient (Wildman–Crippen LogP) is 5.78. The van der Waals surface area contributed by atoms with Gasteiger partial charge in [-0.1, -0.05) is 12.1 Å². The number of imidazole rings is 4. The molecule has 0 bridgehead atoms. The van der Waals surface area contributed by atoms with E-state index in [9.17, 15) is 4.79 Å². The summed E-state index contributed by atoms with van der Waals surface area (Å²) >= 11 is 0. The van der Waals surface area contributed by atoms with Crippen LogP contribution in [0.5, 0.6) is 0 Å². The van der Waals surface area contributed by atoms with Crippen LogP contribution in [-0.4, -0.2) is 150 Å². The number of piperazine rings is 2. The molecule has 19 nitrogen and oxygen atoms in total. The lowest BCUT2D eigenvalue weighted by Gasteiger charge is -2.36. The van der Waals surface area contributed by atoms with Crippen LogP contribution in [0.3, 0.4) is 0 Å². The summed E-state index contributed by atoms with van der Waals surface area (Å²) < 4.78 is 9.27. The maximum Gasteiger partial charge on any atom is 0.321 e. The van der Waals surface area contributed by atoms with Crippen molar-refractivity contribution in [2.45, 2.75) is 78.8 Å². The maximum absolute atomic E-state index is 14.9. The molecule has 14 heterocycles. The van der Waals surface area contributed by atoms with Gasteiger partial charge < -0.3 is 38.8 Å². The van der Waals surface area contributed by atoms with E-state index in [0.717, 1.165) is 205 Å². The number of hydrogen-bond donors (Lipinski definition) is 0. The maximum atomic E-state index is 14.9. The third-order valence-electron chi connectivity index (χ3n) is 15.9. The van der Waals surface area contributed by atoms with Gasteiger partial charge in [0.05, 0.1) is 71.7 Å². The number of carbonyl (C=O) groups excluding carboxylic acids is 1. The van der Waals surface area contributed by atoms with Crippen molar-refractivity contribution in [2.75, 3.05) is 76.5 Å². The molecule has 0 radical (unpaired) electrons. The van der Waals surface area contributed by atoms with E-state index in [1.54, 1.807) is 0 Å². The number of rotatable bonds is 8. The Morgan fingerprint density at radius 1 is 0.486 bits per heavy atom. The number of carbonyl (C=O) groups is 1. The van der Waals surface area contributed by atoms with Gasteiger partial charge in [0, 0.05) is 113 Å². The summed E-state index contributed by atoms with van der Waals surface area (Å²) in [7, 11) is 4.35. The highest BCUT2D eigenvalue weighted by Crippen LogP contribution is 2.40. The Balaban J connectivity index is 0.771. The van der Waals surface area contributed by atoms with E-state index in [-0.39, 0.29) is 6.03 Å². The number of aryl methyl sites for hydroxylation is 4. The molecule has 0 atom stereocenters. The molecule has 376 valence electrons. The average molecular weight is 989 g/mol. The van der Waals surface area contributed by atoms with Crippen molar-refractivity contribution in [2.24, 2.45) is 0 Å². The highest BCUT2D eigenvalue weighted by atomic mass is 16.2. The van der Waals surface area contributed by atoms with Crippen molar-refractivity contribution in [3.05, 3.63) is 119 Å². The first-order chi connectivity index (χ1) is 36.2. The number of amides is 2. The summed E-state index contributed by atoms with van der Waals surface area (Å²) in [4.78, 5) is 64.4. The fraction of sp³-hybridized carbons (Fsp3) is 0.400. The van der Waals surface area contributed by atoms with Crippen LogP contribution in [0.2, 0.25) is 0 Å². The summed E-state index contributed by atoms with van der Waals surface area (Å²) in [5.74, 6) is 3.79. The molecule has 2 fully saturated rings. The SMILES string of the molecule is Cc1cccc(-c2nc3n(c2-c2ccnc(-c4nc5c(n4N4CCN(C)CC4)CN(C(=O)N4Cc6nc(-c7cc(-c8c(-c9cccc(C)n9)nc9n8CCC9)ccn7)n(N7CCN(C)CC7)c6C4)C5)c2)CCC3)n1. The van der Waals surface area contributed by atoms with Crippen LogP contribution in [-0.2, 0) is 52.1 Å². The third kappa shape index (κ3) is 7.57. The molecule has 0 saturated carbocycles. The van der Waals surface area contributed by atoms with Crippen LogP contribution >= 0.6 is 0 Å². The molecule has 19 heteroatoms. The summed E-state index contributed by atoms with van der Waals surface area (Å²) in [6.07, 6.45) is 7.82. The van der Waals surface area contributed by atoms with Crippen LogP contribution in [0.1, 0.15) is 58.7 Å². The minimum atomic E-state index is -0.0158. The molecule has 14 rings (SSSR count). The van der Waals surface area contributed by atoms with Gasteiger partial charge in [-0.3, -0.25) is 19.9 Å². The molecule has 8 aromatic heterocycles. The number of hydrogen-bond acceptors (Lipinski definition) is 13. The fourth-order valence-electron chi connectivity index (χ4n) is 12.1. The van der Waals surface area contributed by atoms with Crippen LogP contribution in [0.25, 0.3) is 68.3 Å². The lowest BCUT2D eigenvalue weighted by atomic mass is 10.1. The van der Waals surface area contributed by atoms with Crippen LogP contribution in [0, 0.1) is 13.8 Å². The number of pyridine rings is 4. The molecule has 8 aromatic rings. The first kappa shape index (κ1) is 44.9. The Morgan fingerprint density at radius 3 is 1.36 bits per heavy atom. The number of fused-ring (bicyclic) bond motifs is 4. The lowest BCUT2D eigenvalue weighted by Crippen LogP contribution is -2.51. The number of nitrogens with zero attached hydrogens (tertiary/aromatic N) is 18. The second kappa shape index (κ2) is 17.7. The topological polar surface area (TPSA) is 159 Å². The third-order valence-corrected chi connectivity index (χ3v) is 15.9. The Kier molecular flexibility index (Phi) is 10.8. The predicted molar refractivity (Wildman–Crippen MR) is 281 cm³/mol. The van der Waals surface area contributed by atoms with Gasteiger partial charge in [0.1, 0.15) is 34.4 Å². The van der Waals surface area contributed by atoms with Gasteiger partial charge >= 0.3 is 6.03 Å². The molecule has 0 unspecified atom stereocenters. The largest absolute Gasteiger partial charge is 0.327 e. The summed E-state index contributed by atoms with van der Waals surface area (Å²) in [6.45, 7) is 14.6. The van der Waals surface area contributed by atoms with Gasteiger partial charge in [-0.15, -0.1) is 0 Å². The van der Waals surface area contributed by atoms with Crippen LogP contribution < -0.4 is 10.0 Å². The van der Waals surface area contributed by atoms with Crippen molar-refractivity contribution in [1.29, 1.82) is 0 Å². The number of likely N-dealkylation sites (N-methyl/N-ethyl adjacent to an activating group) is 2. The van der Waals surface area contributed by atoms with Gasteiger partial charge in [-0.25, -0.2) is 34.1 Å². The molecule has 6 aliphatic rings. The first-order valence-electron chi connectivity index (χ1n) is 26.3. The van der Waals surface area contributed by atoms with E-state index >= 15 is 0 Å². The Bertz CT molecular complexity index is 3280. The highest BCUT2D eigenvalue weighted by molar-refractivity contribution is 5.81. The molecular weight excluding hydrogens is 929 g/mol. The van der Waals surface area contributed by atoms with Gasteiger partial charge in [0.2, 0.25) is 0 Å². The minimum Gasteiger partial charge on any atom is -0.327 e. The van der Waals surface area contributed by atoms with E-state index in [1.807, 2.05) is 48.2 Å². The van der Waals surface area contributed by atoms with Gasteiger partial charge in [-0.2, -0.15) is 0 Å². The molecule has 0 N–H and O–H groups in total. The fourth-order valence-corrected chi connectivity index (χ4v) is 12.1. The second-order valence-electron chi connectivity index (χ2n) is 20.9. The smallest absolute Gasteiger partial charge is 0.321 e. The van der Waals surface area contributed by atoms with E-state index < -0.39 is 0 Å². The second-order valence-corrected chi connectivity index (χ2v) is 20.9. The molecule has 0 aliphatic carbocycles. The van der Waals surface area contributed by atoms with E-state index in [0.29, 0.717) is 26.2 Å². The van der Waals surface area contributed by atoms with Gasteiger partial charge in [0.15, 0.2) is 11.6 Å². The molecule has 0 aromatic carbocycles. The molecule has 2 saturated heterocycles. The molecule has 2 amide bonds. The summed E-state index contributed by atoms with van der Waals surface area (Å²) in [6, 6.07) is 20.8. The minimum absolute atomic E-state index is 0.0158. The molecule has 74 heavy (non-hydrogen) atoms. The van der Waals surface area contributed by atoms with Crippen LogP contribution in [0.4, 0.5) is 4.79 Å².